The van der Waals surface area contributed by atoms with Crippen molar-refractivity contribution in [2.75, 3.05) is 0 Å². The summed E-state index contributed by atoms with van der Waals surface area (Å²) in [6.07, 6.45) is 7.73. The number of hydrogen-bond acceptors (Lipinski definition) is 4. The SMILES string of the molecule is NC1CCC(O)CC1.OC1CCC(N(Cc2ccccc2)Cc2ccccc2)CC1. The average Bonchev–Trinajstić information content (AvgIpc) is 2.78. The molecule has 0 aliphatic heterocycles. The Labute approximate surface area is 181 Å². The second kappa shape index (κ2) is 12.2. The van der Waals surface area contributed by atoms with E-state index < -0.39 is 0 Å². The molecule has 0 atom stereocenters. The van der Waals surface area contributed by atoms with Gasteiger partial charge in [0.25, 0.3) is 0 Å². The first-order valence-electron chi connectivity index (χ1n) is 11.5. The lowest BCUT2D eigenvalue weighted by Gasteiger charge is -2.36. The monoisotopic (exact) mass is 410 g/mol. The molecule has 2 aromatic carbocycles. The van der Waals surface area contributed by atoms with Crippen molar-refractivity contribution in [1.82, 2.24) is 4.90 Å². The zero-order valence-electron chi connectivity index (χ0n) is 18.1. The molecule has 4 rings (SSSR count). The molecule has 0 radical (unpaired) electrons. The Morgan fingerprint density at radius 1 is 0.633 bits per heavy atom. The van der Waals surface area contributed by atoms with Crippen LogP contribution in [0.15, 0.2) is 60.7 Å². The predicted octanol–water partition coefficient (Wildman–Crippen LogP) is 4.24. The first-order valence-corrected chi connectivity index (χ1v) is 11.5. The van der Waals surface area contributed by atoms with Crippen LogP contribution in [-0.2, 0) is 13.1 Å². The minimum absolute atomic E-state index is 0.0604. The molecule has 0 saturated heterocycles. The predicted molar refractivity (Wildman–Crippen MR) is 123 cm³/mol. The van der Waals surface area contributed by atoms with Crippen LogP contribution in [0.25, 0.3) is 0 Å². The first-order chi connectivity index (χ1) is 14.6. The number of hydrogen-bond donors (Lipinski definition) is 3. The van der Waals surface area contributed by atoms with Crippen LogP contribution >= 0.6 is 0 Å². The van der Waals surface area contributed by atoms with Gasteiger partial charge in [0.05, 0.1) is 12.2 Å². The molecule has 0 spiro atoms. The second-order valence-corrected chi connectivity index (χ2v) is 8.91. The van der Waals surface area contributed by atoms with Crippen LogP contribution in [0.4, 0.5) is 0 Å². The summed E-state index contributed by atoms with van der Waals surface area (Å²) in [6.45, 7) is 1.97. The van der Waals surface area contributed by atoms with E-state index in [1.807, 2.05) is 0 Å². The smallest absolute Gasteiger partial charge is 0.0541 e. The van der Waals surface area contributed by atoms with Gasteiger partial charge < -0.3 is 15.9 Å². The standard InChI is InChI=1S/C20H25NO.C6H13NO/c22-20-13-11-19(12-14-20)21(15-17-7-3-1-4-8-17)16-18-9-5-2-6-10-18;7-5-1-3-6(8)4-2-5/h1-10,19-20,22H,11-16H2;5-6,8H,1-4,7H2. The largest absolute Gasteiger partial charge is 0.393 e. The summed E-state index contributed by atoms with van der Waals surface area (Å²) in [4.78, 5) is 2.58. The molecule has 0 aromatic heterocycles. The number of aliphatic hydroxyl groups is 2. The van der Waals surface area contributed by atoms with Crippen molar-refractivity contribution < 1.29 is 10.2 Å². The number of nitrogens with two attached hydrogens (primary N) is 1. The van der Waals surface area contributed by atoms with E-state index in [0.29, 0.717) is 12.1 Å². The number of nitrogens with zero attached hydrogens (tertiary/aromatic N) is 1. The first kappa shape index (κ1) is 23.0. The number of benzene rings is 2. The Kier molecular flexibility index (Phi) is 9.34. The Bertz CT molecular complexity index is 642. The van der Waals surface area contributed by atoms with Gasteiger partial charge in [-0.2, -0.15) is 0 Å². The maximum atomic E-state index is 9.77. The summed E-state index contributed by atoms with van der Waals surface area (Å²) in [5.41, 5.74) is 8.32. The van der Waals surface area contributed by atoms with Crippen LogP contribution in [0.2, 0.25) is 0 Å². The van der Waals surface area contributed by atoms with Gasteiger partial charge in [-0.05, 0) is 62.5 Å². The highest BCUT2D eigenvalue weighted by Gasteiger charge is 2.25. The van der Waals surface area contributed by atoms with E-state index in [1.54, 1.807) is 0 Å². The van der Waals surface area contributed by atoms with E-state index in [4.69, 9.17) is 10.8 Å². The highest BCUT2D eigenvalue weighted by atomic mass is 16.3. The van der Waals surface area contributed by atoms with Crippen molar-refractivity contribution in [2.24, 2.45) is 5.73 Å². The minimum atomic E-state index is -0.0912. The van der Waals surface area contributed by atoms with Crippen molar-refractivity contribution in [2.45, 2.75) is 88.7 Å². The van der Waals surface area contributed by atoms with Gasteiger partial charge in [-0.15, -0.1) is 0 Å². The highest BCUT2D eigenvalue weighted by Crippen LogP contribution is 2.26. The molecule has 0 amide bonds. The van der Waals surface area contributed by atoms with Crippen molar-refractivity contribution in [3.8, 4) is 0 Å². The van der Waals surface area contributed by atoms with Crippen LogP contribution in [0.5, 0.6) is 0 Å². The fourth-order valence-electron chi connectivity index (χ4n) is 4.47. The minimum Gasteiger partial charge on any atom is -0.393 e. The molecule has 4 nitrogen and oxygen atoms in total. The van der Waals surface area contributed by atoms with Gasteiger partial charge in [-0.1, -0.05) is 60.7 Å². The molecule has 2 aliphatic carbocycles. The van der Waals surface area contributed by atoms with Crippen molar-refractivity contribution >= 4 is 0 Å². The molecule has 2 aliphatic rings. The third-order valence-corrected chi connectivity index (χ3v) is 6.38. The molecule has 0 heterocycles. The van der Waals surface area contributed by atoms with Gasteiger partial charge in [-0.3, -0.25) is 4.90 Å². The van der Waals surface area contributed by atoms with Crippen LogP contribution in [0, 0.1) is 0 Å². The number of rotatable bonds is 5. The van der Waals surface area contributed by atoms with Gasteiger partial charge in [0.1, 0.15) is 0 Å². The third-order valence-electron chi connectivity index (χ3n) is 6.38. The van der Waals surface area contributed by atoms with Crippen LogP contribution in [0.1, 0.15) is 62.5 Å². The van der Waals surface area contributed by atoms with E-state index >= 15 is 0 Å². The second-order valence-electron chi connectivity index (χ2n) is 8.91. The van der Waals surface area contributed by atoms with E-state index in [2.05, 4.69) is 65.6 Å². The molecular weight excluding hydrogens is 372 g/mol. The van der Waals surface area contributed by atoms with Gasteiger partial charge in [0, 0.05) is 25.2 Å². The molecule has 30 heavy (non-hydrogen) atoms. The van der Waals surface area contributed by atoms with Gasteiger partial charge in [-0.25, -0.2) is 0 Å². The Balaban J connectivity index is 0.000000269. The molecule has 4 N–H and O–H groups in total. The quantitative estimate of drug-likeness (QED) is 0.689. The Morgan fingerprint density at radius 3 is 1.43 bits per heavy atom. The fourth-order valence-corrected chi connectivity index (χ4v) is 4.47. The van der Waals surface area contributed by atoms with Crippen molar-refractivity contribution in [3.63, 3.8) is 0 Å². The van der Waals surface area contributed by atoms with Crippen LogP contribution in [-0.4, -0.2) is 39.4 Å². The average molecular weight is 411 g/mol. The lowest BCUT2D eigenvalue weighted by Crippen LogP contribution is -2.38. The Hall–Kier alpha value is -1.72. The molecule has 0 bridgehead atoms. The van der Waals surface area contributed by atoms with E-state index in [0.717, 1.165) is 64.5 Å². The zero-order chi connectivity index (χ0) is 21.2. The lowest BCUT2D eigenvalue weighted by molar-refractivity contribution is 0.0666. The Morgan fingerprint density at radius 2 is 1.03 bits per heavy atom. The summed E-state index contributed by atoms with van der Waals surface area (Å²) in [6, 6.07) is 22.3. The van der Waals surface area contributed by atoms with Gasteiger partial charge >= 0.3 is 0 Å². The zero-order valence-corrected chi connectivity index (χ0v) is 18.1. The molecule has 2 aromatic rings. The summed E-state index contributed by atoms with van der Waals surface area (Å²) in [5.74, 6) is 0. The van der Waals surface area contributed by atoms with E-state index in [-0.39, 0.29) is 12.2 Å². The van der Waals surface area contributed by atoms with Crippen LogP contribution < -0.4 is 5.73 Å². The van der Waals surface area contributed by atoms with Crippen molar-refractivity contribution in [3.05, 3.63) is 71.8 Å². The fraction of sp³-hybridized carbons (Fsp3) is 0.538. The van der Waals surface area contributed by atoms with E-state index in [9.17, 15) is 5.11 Å². The topological polar surface area (TPSA) is 69.7 Å². The molecule has 0 unspecified atom stereocenters. The lowest BCUT2D eigenvalue weighted by atomic mass is 9.91. The molecular formula is C26H38N2O2. The highest BCUT2D eigenvalue weighted by molar-refractivity contribution is 5.17. The van der Waals surface area contributed by atoms with Gasteiger partial charge in [0.15, 0.2) is 0 Å². The molecule has 4 heteroatoms. The number of aliphatic hydroxyl groups excluding tert-OH is 2. The summed E-state index contributed by atoms with van der Waals surface area (Å²) < 4.78 is 0. The summed E-state index contributed by atoms with van der Waals surface area (Å²) in [5, 5.41) is 18.7. The third kappa shape index (κ3) is 7.84. The molecule has 2 fully saturated rings. The van der Waals surface area contributed by atoms with E-state index in [1.165, 1.54) is 11.1 Å². The molecule has 2 saturated carbocycles. The van der Waals surface area contributed by atoms with Crippen molar-refractivity contribution in [1.29, 1.82) is 0 Å². The summed E-state index contributed by atoms with van der Waals surface area (Å²) >= 11 is 0. The van der Waals surface area contributed by atoms with Gasteiger partial charge in [0.2, 0.25) is 0 Å². The normalized spacial score (nSPS) is 26.7. The molecule has 164 valence electrons. The van der Waals surface area contributed by atoms with Crippen LogP contribution in [0.3, 0.4) is 0 Å². The maximum absolute atomic E-state index is 9.77. The maximum Gasteiger partial charge on any atom is 0.0541 e. The summed E-state index contributed by atoms with van der Waals surface area (Å²) in [7, 11) is 0.